The molecule has 0 saturated heterocycles. The zero-order valence-electron chi connectivity index (χ0n) is 42.4. The van der Waals surface area contributed by atoms with Gasteiger partial charge in [0.05, 0.1) is 71.4 Å². The van der Waals surface area contributed by atoms with E-state index in [-0.39, 0.29) is 25.0 Å². The summed E-state index contributed by atoms with van der Waals surface area (Å²) in [5.74, 6) is 1.41. The largest absolute Gasteiger partial charge is 0.748 e. The van der Waals surface area contributed by atoms with Gasteiger partial charge in [0.2, 0.25) is 17.0 Å². The van der Waals surface area contributed by atoms with Gasteiger partial charge in [0.25, 0.3) is 10.5 Å². The molecule has 0 saturated carbocycles. The highest BCUT2D eigenvalue weighted by Crippen LogP contribution is 2.47. The van der Waals surface area contributed by atoms with E-state index in [4.69, 9.17) is 13.9 Å². The van der Waals surface area contributed by atoms with Crippen LogP contribution in [0.15, 0.2) is 148 Å². The molecule has 21 heteroatoms. The maximum atomic E-state index is 11.3. The maximum absolute atomic E-state index is 11.3. The lowest BCUT2D eigenvalue weighted by Gasteiger charge is -2.20. The SMILES string of the molecule is CCCCC[n+]1c(C=C2Oc3ccc(-c4ccccc4)cc3N2CCCCS(=O)(=O)[O-])oc2ccc(OC)cc21.O=S(=O)([O-])CCCN1/C(=C/c2sc3ccc4ccccc4c3[n+]2CCCS(=O)(=O)[O-])Sc2ccccc21. The van der Waals surface area contributed by atoms with Crippen molar-refractivity contribution in [2.24, 2.45) is 0 Å². The first-order chi connectivity index (χ1) is 36.9. The third-order valence-corrected chi connectivity index (χ3v) is 17.7. The Morgan fingerprint density at radius 2 is 1.34 bits per heavy atom. The van der Waals surface area contributed by atoms with Crippen molar-refractivity contribution in [2.75, 3.05) is 47.3 Å². The van der Waals surface area contributed by atoms with E-state index in [1.807, 2.05) is 131 Å². The van der Waals surface area contributed by atoms with E-state index in [2.05, 4.69) is 34.3 Å². The Kier molecular flexibility index (Phi) is 17.4. The summed E-state index contributed by atoms with van der Waals surface area (Å²) < 4.78 is 124. The van der Waals surface area contributed by atoms with Gasteiger partial charge in [0, 0.05) is 48.1 Å². The minimum atomic E-state index is -4.34. The molecule has 77 heavy (non-hydrogen) atoms. The van der Waals surface area contributed by atoms with Crippen LogP contribution in [0.4, 0.5) is 11.4 Å². The van der Waals surface area contributed by atoms with Crippen LogP contribution in [0.25, 0.3) is 55.4 Å². The van der Waals surface area contributed by atoms with Gasteiger partial charge in [-0.15, -0.1) is 0 Å². The van der Waals surface area contributed by atoms with Gasteiger partial charge in [-0.25, -0.2) is 25.3 Å². The summed E-state index contributed by atoms with van der Waals surface area (Å²) >= 11 is 3.12. The summed E-state index contributed by atoms with van der Waals surface area (Å²) in [6, 6.07) is 41.8. The Bertz CT molecular complexity index is 3840. The fraction of sp³-hybridized carbons (Fsp3) is 0.286. The molecule has 404 valence electrons. The van der Waals surface area contributed by atoms with Crippen molar-refractivity contribution in [3.05, 3.63) is 149 Å². The topological polar surface area (TPSA) is 217 Å². The average Bonchev–Trinajstić information content (AvgIpc) is 4.18. The van der Waals surface area contributed by atoms with Crippen LogP contribution >= 0.6 is 23.1 Å². The molecule has 8 aromatic rings. The van der Waals surface area contributed by atoms with Crippen LogP contribution in [-0.2, 0) is 43.4 Å². The van der Waals surface area contributed by atoms with Gasteiger partial charge in [-0.05, 0) is 90.7 Å². The number of unbranched alkanes of at least 4 members (excludes halogenated alkanes) is 3. The molecule has 0 atom stereocenters. The Morgan fingerprint density at radius 3 is 2.10 bits per heavy atom. The zero-order valence-corrected chi connectivity index (χ0v) is 46.5. The number of aryl methyl sites for hydroxylation is 2. The highest BCUT2D eigenvalue weighted by atomic mass is 32.2. The molecular formula is C56H57N4O12S5-. The van der Waals surface area contributed by atoms with Crippen LogP contribution in [0.5, 0.6) is 11.5 Å². The molecule has 0 N–H and O–H groups in total. The molecule has 0 radical (unpaired) electrons. The summed E-state index contributed by atoms with van der Waals surface area (Å²) in [5, 5.41) is 3.85. The number of aromatic nitrogens is 2. The predicted molar refractivity (Wildman–Crippen MR) is 300 cm³/mol. The summed E-state index contributed by atoms with van der Waals surface area (Å²) in [5.41, 5.74) is 6.62. The summed E-state index contributed by atoms with van der Waals surface area (Å²) in [6.45, 7) is 4.14. The fourth-order valence-corrected chi connectivity index (χ4v) is 13.3. The number of hydrogen-bond acceptors (Lipinski definition) is 16. The normalized spacial score (nSPS) is 14.6. The number of ether oxygens (including phenoxy) is 2. The third-order valence-electron chi connectivity index (χ3n) is 13.1. The first kappa shape index (κ1) is 55.5. The van der Waals surface area contributed by atoms with Gasteiger partial charge in [0.15, 0.2) is 18.8 Å². The Hall–Kier alpha value is -6.30. The van der Waals surface area contributed by atoms with Crippen molar-refractivity contribution >= 4 is 109 Å². The van der Waals surface area contributed by atoms with Gasteiger partial charge in [-0.3, -0.25) is 0 Å². The van der Waals surface area contributed by atoms with Gasteiger partial charge < -0.3 is 37.3 Å². The molecular weight excluding hydrogens is 1080 g/mol. The predicted octanol–water partition coefficient (Wildman–Crippen LogP) is 10.2. The lowest BCUT2D eigenvalue weighted by molar-refractivity contribution is -0.678. The van der Waals surface area contributed by atoms with Gasteiger partial charge in [-0.2, -0.15) is 9.13 Å². The van der Waals surface area contributed by atoms with Crippen molar-refractivity contribution in [3.8, 4) is 22.6 Å². The Morgan fingerprint density at radius 1 is 0.636 bits per heavy atom. The monoisotopic (exact) mass is 1140 g/mol. The first-order valence-corrected chi connectivity index (χ1v) is 31.6. The number of para-hydroxylation sites is 1. The number of benzene rings is 6. The number of thioether (sulfide) groups is 1. The summed E-state index contributed by atoms with van der Waals surface area (Å²) in [4.78, 5) is 5.07. The molecule has 0 unspecified atom stereocenters. The Labute approximate surface area is 457 Å². The maximum Gasteiger partial charge on any atom is 0.379 e. The third kappa shape index (κ3) is 13.9. The molecule has 2 aliphatic heterocycles. The molecule has 0 bridgehead atoms. The van der Waals surface area contributed by atoms with Crippen LogP contribution in [0, 0.1) is 0 Å². The lowest BCUT2D eigenvalue weighted by atomic mass is 10.0. The molecule has 2 aliphatic rings. The number of thiazole rings is 1. The van der Waals surface area contributed by atoms with E-state index in [9.17, 15) is 38.9 Å². The minimum absolute atomic E-state index is 0.181. The highest BCUT2D eigenvalue weighted by molar-refractivity contribution is 8.04. The average molecular weight is 1140 g/mol. The van der Waals surface area contributed by atoms with E-state index in [0.717, 1.165) is 101 Å². The van der Waals surface area contributed by atoms with Crippen molar-refractivity contribution in [1.82, 2.24) is 0 Å². The smallest absolute Gasteiger partial charge is 0.379 e. The molecule has 0 fully saturated rings. The van der Waals surface area contributed by atoms with E-state index in [0.29, 0.717) is 43.6 Å². The van der Waals surface area contributed by atoms with Crippen molar-refractivity contribution < 1.29 is 61.9 Å². The van der Waals surface area contributed by atoms with E-state index < -0.39 is 41.9 Å². The standard InChI is InChI=1S/C31H34N2O6S.C25H24N2O6S4/c1-3-4-8-17-33-27-21-25(37-2)14-16-29(27)39-31(33)22-30-32(18-9-10-19-40(34,35)36)26-20-24(13-15-28(26)38-30)23-11-6-5-7-12-23;28-36(29,30)15-5-13-26-20-9-3-4-10-21(20)34-23(26)17-24-27(14-6-16-37(31,32)33)25-19-8-2-1-7-18(19)11-12-22(25)35-24/h5-7,11-16,20-22H,3-4,8-10,17-19H2,1-2H3;1-4,7-12,17H,5-6,13-16H2,(H-,28,29,30,31,32,33)/p-1. The van der Waals surface area contributed by atoms with Gasteiger partial charge in [-0.1, -0.05) is 109 Å². The molecule has 2 aromatic heterocycles. The quantitative estimate of drug-likeness (QED) is 0.0371. The van der Waals surface area contributed by atoms with E-state index in [1.54, 1.807) is 30.2 Å². The Balaban J connectivity index is 0.000000188. The summed E-state index contributed by atoms with van der Waals surface area (Å²) in [6.07, 6.45) is 8.25. The van der Waals surface area contributed by atoms with Crippen LogP contribution in [0.2, 0.25) is 0 Å². The molecule has 0 spiro atoms. The van der Waals surface area contributed by atoms with Gasteiger partial charge in [0.1, 0.15) is 16.5 Å². The van der Waals surface area contributed by atoms with E-state index in [1.165, 1.54) is 0 Å². The number of methoxy groups -OCH3 is 1. The van der Waals surface area contributed by atoms with Crippen LogP contribution in [0.3, 0.4) is 0 Å². The summed E-state index contributed by atoms with van der Waals surface area (Å²) in [7, 11) is -11.3. The fourth-order valence-electron chi connectivity index (χ4n) is 9.47. The first-order valence-electron chi connectivity index (χ1n) is 25.2. The number of oxazole rings is 1. The molecule has 6 aromatic carbocycles. The molecule has 0 aliphatic carbocycles. The van der Waals surface area contributed by atoms with Crippen LogP contribution in [0.1, 0.15) is 62.8 Å². The number of rotatable bonds is 21. The number of nitrogens with zero attached hydrogens (tertiary/aromatic N) is 4. The molecule has 4 heterocycles. The van der Waals surface area contributed by atoms with Crippen LogP contribution in [-0.4, -0.2) is 76.4 Å². The lowest BCUT2D eigenvalue weighted by Crippen LogP contribution is -2.36. The van der Waals surface area contributed by atoms with Crippen molar-refractivity contribution in [2.45, 2.75) is 69.9 Å². The van der Waals surface area contributed by atoms with Crippen molar-refractivity contribution in [3.63, 3.8) is 0 Å². The van der Waals surface area contributed by atoms with Crippen molar-refractivity contribution in [1.29, 1.82) is 0 Å². The number of fused-ring (bicyclic) bond motifs is 6. The number of hydrogen-bond donors (Lipinski definition) is 0. The molecule has 0 amide bonds. The minimum Gasteiger partial charge on any atom is -0.748 e. The van der Waals surface area contributed by atoms with Crippen LogP contribution < -0.4 is 28.4 Å². The second-order valence-corrected chi connectivity index (χ2v) is 25.2. The van der Waals surface area contributed by atoms with Gasteiger partial charge >= 0.3 is 5.89 Å². The highest BCUT2D eigenvalue weighted by Gasteiger charge is 2.32. The number of anilines is 2. The van der Waals surface area contributed by atoms with E-state index >= 15 is 0 Å². The second kappa shape index (κ2) is 24.2. The molecule has 10 rings (SSSR count). The second-order valence-electron chi connectivity index (χ2n) is 18.5. The molecule has 16 nitrogen and oxygen atoms in total. The zero-order chi connectivity index (χ0) is 54.3.